The molecule has 3 rings (SSSR count). The Labute approximate surface area is 183 Å². The minimum Gasteiger partial charge on any atom is -0.493 e. The molecule has 1 aromatic heterocycles. The van der Waals surface area contributed by atoms with E-state index in [1.165, 1.54) is 29.5 Å². The zero-order chi connectivity index (χ0) is 22.5. The van der Waals surface area contributed by atoms with Crippen molar-refractivity contribution in [2.75, 3.05) is 33.2 Å². The fourth-order valence-corrected chi connectivity index (χ4v) is 3.79. The maximum absolute atomic E-state index is 12.6. The first-order valence-corrected chi connectivity index (χ1v) is 10.0. The average Bonchev–Trinajstić information content (AvgIpc) is 3.25. The maximum atomic E-state index is 12.6. The zero-order valence-electron chi connectivity index (χ0n) is 17.4. The Morgan fingerprint density at radius 2 is 1.97 bits per heavy atom. The molecule has 0 unspecified atom stereocenters. The second-order valence-electron chi connectivity index (χ2n) is 6.61. The van der Waals surface area contributed by atoms with Crippen molar-refractivity contribution >= 4 is 28.7 Å². The predicted molar refractivity (Wildman–Crippen MR) is 117 cm³/mol. The largest absolute Gasteiger partial charge is 0.493 e. The standard InChI is InChI=1S/C21H21N3O6S/c1-23(2)17-9-8-14(24(26)27)10-16(17)21(25)30-11-13-12-31-20(22-13)15-6-5-7-18(28-3)19(15)29-4/h5-10,12H,11H2,1-4H3. The van der Waals surface area contributed by atoms with E-state index in [1.807, 2.05) is 12.1 Å². The molecule has 2 aromatic carbocycles. The van der Waals surface area contributed by atoms with Crippen LogP contribution >= 0.6 is 11.3 Å². The van der Waals surface area contributed by atoms with Crippen LogP contribution in [-0.2, 0) is 11.3 Å². The van der Waals surface area contributed by atoms with Crippen molar-refractivity contribution in [3.05, 3.63) is 63.1 Å². The molecule has 0 aliphatic heterocycles. The Bertz CT molecular complexity index is 1110. The lowest BCUT2D eigenvalue weighted by atomic mass is 10.1. The molecule has 0 radical (unpaired) electrons. The molecule has 0 bridgehead atoms. The highest BCUT2D eigenvalue weighted by molar-refractivity contribution is 7.13. The van der Waals surface area contributed by atoms with Crippen molar-refractivity contribution in [3.63, 3.8) is 0 Å². The molecule has 0 N–H and O–H groups in total. The number of anilines is 1. The lowest BCUT2D eigenvalue weighted by Crippen LogP contribution is -2.16. The van der Waals surface area contributed by atoms with E-state index in [0.29, 0.717) is 27.9 Å². The zero-order valence-corrected chi connectivity index (χ0v) is 18.3. The SMILES string of the molecule is COc1cccc(-c2nc(COC(=O)c3cc([N+](=O)[O-])ccc3N(C)C)cs2)c1OC. The minimum absolute atomic E-state index is 0.0722. The molecule has 1 heterocycles. The molecular formula is C21H21N3O6S. The third-order valence-corrected chi connectivity index (χ3v) is 5.35. The van der Waals surface area contributed by atoms with Gasteiger partial charge in [-0.2, -0.15) is 0 Å². The number of para-hydroxylation sites is 1. The summed E-state index contributed by atoms with van der Waals surface area (Å²) in [7, 11) is 6.60. The molecule has 0 aliphatic rings. The van der Waals surface area contributed by atoms with Crippen molar-refractivity contribution in [3.8, 4) is 22.1 Å². The van der Waals surface area contributed by atoms with E-state index in [9.17, 15) is 14.9 Å². The molecule has 0 spiro atoms. The molecule has 10 heteroatoms. The number of non-ortho nitro benzene ring substituents is 1. The number of hydrogen-bond acceptors (Lipinski definition) is 9. The number of carbonyl (C=O) groups is 1. The van der Waals surface area contributed by atoms with Crippen LogP contribution in [0.25, 0.3) is 10.6 Å². The first kappa shape index (κ1) is 22.0. The van der Waals surface area contributed by atoms with E-state index in [4.69, 9.17) is 14.2 Å². The van der Waals surface area contributed by atoms with Gasteiger partial charge in [0.15, 0.2) is 11.5 Å². The van der Waals surface area contributed by atoms with E-state index in [1.54, 1.807) is 44.7 Å². The number of thiazole rings is 1. The number of aromatic nitrogens is 1. The monoisotopic (exact) mass is 443 g/mol. The third-order valence-electron chi connectivity index (χ3n) is 4.43. The van der Waals surface area contributed by atoms with Gasteiger partial charge in [0.05, 0.1) is 41.7 Å². The Kier molecular flexibility index (Phi) is 6.71. The first-order chi connectivity index (χ1) is 14.8. The third kappa shape index (κ3) is 4.75. The minimum atomic E-state index is -0.666. The van der Waals surface area contributed by atoms with Crippen molar-refractivity contribution in [1.82, 2.24) is 4.98 Å². The molecule has 0 aliphatic carbocycles. The number of esters is 1. The molecule has 0 fully saturated rings. The molecule has 0 amide bonds. The van der Waals surface area contributed by atoms with Gasteiger partial charge in [0.1, 0.15) is 11.6 Å². The summed E-state index contributed by atoms with van der Waals surface area (Å²) >= 11 is 1.38. The number of nitro groups is 1. The Hall–Kier alpha value is -3.66. The highest BCUT2D eigenvalue weighted by Crippen LogP contribution is 2.39. The Morgan fingerprint density at radius 3 is 2.61 bits per heavy atom. The molecule has 9 nitrogen and oxygen atoms in total. The van der Waals surface area contributed by atoms with Crippen LogP contribution in [0.3, 0.4) is 0 Å². The molecule has 3 aromatic rings. The topological polar surface area (TPSA) is 104 Å². The van der Waals surface area contributed by atoms with Gasteiger partial charge in [0, 0.05) is 31.6 Å². The first-order valence-electron chi connectivity index (χ1n) is 9.14. The average molecular weight is 443 g/mol. The number of benzene rings is 2. The summed E-state index contributed by atoms with van der Waals surface area (Å²) in [6.07, 6.45) is 0. The fraction of sp³-hybridized carbons (Fsp3) is 0.238. The smallest absolute Gasteiger partial charge is 0.340 e. The van der Waals surface area contributed by atoms with Gasteiger partial charge in [-0.05, 0) is 18.2 Å². The molecule has 162 valence electrons. The van der Waals surface area contributed by atoms with Gasteiger partial charge in [-0.3, -0.25) is 10.1 Å². The summed E-state index contributed by atoms with van der Waals surface area (Å²) in [5.74, 6) is 0.487. The van der Waals surface area contributed by atoms with Crippen LogP contribution in [0.4, 0.5) is 11.4 Å². The van der Waals surface area contributed by atoms with Gasteiger partial charge in [-0.1, -0.05) is 6.07 Å². The van der Waals surface area contributed by atoms with Gasteiger partial charge in [-0.25, -0.2) is 9.78 Å². The van der Waals surface area contributed by atoms with E-state index >= 15 is 0 Å². The summed E-state index contributed by atoms with van der Waals surface area (Å²) in [5, 5.41) is 13.5. The van der Waals surface area contributed by atoms with Gasteiger partial charge >= 0.3 is 5.97 Å². The van der Waals surface area contributed by atoms with Crippen LogP contribution in [0.2, 0.25) is 0 Å². The van der Waals surface area contributed by atoms with Gasteiger partial charge in [0.25, 0.3) is 5.69 Å². The van der Waals surface area contributed by atoms with E-state index in [2.05, 4.69) is 4.98 Å². The number of nitro benzene ring substituents is 1. The number of methoxy groups -OCH3 is 2. The van der Waals surface area contributed by atoms with Gasteiger partial charge < -0.3 is 19.1 Å². The molecule has 0 saturated carbocycles. The normalized spacial score (nSPS) is 10.5. The van der Waals surface area contributed by atoms with E-state index in [0.717, 1.165) is 5.56 Å². The predicted octanol–water partition coefficient (Wildman–Crippen LogP) is 4.16. The summed E-state index contributed by atoms with van der Waals surface area (Å²) in [4.78, 5) is 29.4. The van der Waals surface area contributed by atoms with Crippen molar-refractivity contribution < 1.29 is 23.9 Å². The number of nitrogens with zero attached hydrogens (tertiary/aromatic N) is 3. The van der Waals surface area contributed by atoms with Crippen LogP contribution in [0, 0.1) is 10.1 Å². The highest BCUT2D eigenvalue weighted by atomic mass is 32.1. The van der Waals surface area contributed by atoms with Crippen molar-refractivity contribution in [1.29, 1.82) is 0 Å². The lowest BCUT2D eigenvalue weighted by Gasteiger charge is -2.16. The summed E-state index contributed by atoms with van der Waals surface area (Å²) in [6, 6.07) is 9.57. The van der Waals surface area contributed by atoms with Crippen molar-refractivity contribution in [2.45, 2.75) is 6.61 Å². The van der Waals surface area contributed by atoms with E-state index in [-0.39, 0.29) is 17.9 Å². The van der Waals surface area contributed by atoms with Crippen LogP contribution in [0.15, 0.2) is 41.8 Å². The number of rotatable bonds is 8. The summed E-state index contributed by atoms with van der Waals surface area (Å²) in [6.45, 7) is -0.0722. The second kappa shape index (κ2) is 9.43. The maximum Gasteiger partial charge on any atom is 0.340 e. The number of ether oxygens (including phenoxy) is 3. The van der Waals surface area contributed by atoms with Gasteiger partial charge in [0.2, 0.25) is 0 Å². The molecule has 31 heavy (non-hydrogen) atoms. The number of hydrogen-bond donors (Lipinski definition) is 0. The summed E-state index contributed by atoms with van der Waals surface area (Å²) < 4.78 is 16.2. The molecular weight excluding hydrogens is 422 g/mol. The molecule has 0 saturated heterocycles. The lowest BCUT2D eigenvalue weighted by molar-refractivity contribution is -0.384. The highest BCUT2D eigenvalue weighted by Gasteiger charge is 2.20. The van der Waals surface area contributed by atoms with Crippen LogP contribution in [0.5, 0.6) is 11.5 Å². The Morgan fingerprint density at radius 1 is 1.19 bits per heavy atom. The quantitative estimate of drug-likeness (QED) is 0.290. The van der Waals surface area contributed by atoms with Crippen LogP contribution < -0.4 is 14.4 Å². The number of carbonyl (C=O) groups excluding carboxylic acids is 1. The van der Waals surface area contributed by atoms with Crippen LogP contribution in [-0.4, -0.2) is 44.2 Å². The fourth-order valence-electron chi connectivity index (χ4n) is 2.96. The van der Waals surface area contributed by atoms with Crippen LogP contribution in [0.1, 0.15) is 16.1 Å². The Balaban J connectivity index is 1.80. The van der Waals surface area contributed by atoms with Gasteiger partial charge in [-0.15, -0.1) is 11.3 Å². The second-order valence-corrected chi connectivity index (χ2v) is 7.47. The molecule has 0 atom stereocenters. The summed E-state index contributed by atoms with van der Waals surface area (Å²) in [5.41, 5.74) is 1.77. The van der Waals surface area contributed by atoms with Crippen molar-refractivity contribution in [2.24, 2.45) is 0 Å². The van der Waals surface area contributed by atoms with E-state index < -0.39 is 10.9 Å².